The minimum Gasteiger partial charge on any atom is -0.397 e. The van der Waals surface area contributed by atoms with Gasteiger partial charge in [0.15, 0.2) is 0 Å². The smallest absolute Gasteiger partial charge is 0.263 e. The van der Waals surface area contributed by atoms with Gasteiger partial charge in [-0.2, -0.15) is 0 Å². The Morgan fingerprint density at radius 1 is 1.50 bits per heavy atom. The highest BCUT2D eigenvalue weighted by Crippen LogP contribution is 2.38. The van der Waals surface area contributed by atoms with Gasteiger partial charge < -0.3 is 16.2 Å². The van der Waals surface area contributed by atoms with Crippen LogP contribution in [-0.2, 0) is 0 Å². The maximum atomic E-state index is 12.2. The van der Waals surface area contributed by atoms with E-state index in [4.69, 9.17) is 5.73 Å². The third-order valence-corrected chi connectivity index (χ3v) is 4.89. The van der Waals surface area contributed by atoms with E-state index in [9.17, 15) is 9.90 Å². The zero-order valence-corrected chi connectivity index (χ0v) is 13.8. The van der Waals surface area contributed by atoms with E-state index in [1.54, 1.807) is 0 Å². The first-order valence-electron chi connectivity index (χ1n) is 6.21. The van der Waals surface area contributed by atoms with E-state index < -0.39 is 0 Å². The number of halogens is 1. The molecule has 4 N–H and O–H groups in total. The summed E-state index contributed by atoms with van der Waals surface area (Å²) in [4.78, 5) is 12.7. The Morgan fingerprint density at radius 3 is 2.80 bits per heavy atom. The number of amides is 1. The first-order chi connectivity index (χ1) is 9.35. The maximum Gasteiger partial charge on any atom is 0.263 e. The number of anilines is 1. The molecule has 0 atom stereocenters. The molecule has 0 aliphatic heterocycles. The molecular weight excluding hydrogens is 340 g/mol. The summed E-state index contributed by atoms with van der Waals surface area (Å²) in [6, 6.07) is 5.76. The third-order valence-electron chi connectivity index (χ3n) is 3.06. The molecule has 6 heteroatoms. The Kier molecular flexibility index (Phi) is 4.36. The van der Waals surface area contributed by atoms with Crippen LogP contribution < -0.4 is 11.1 Å². The van der Waals surface area contributed by atoms with Gasteiger partial charge in [-0.3, -0.25) is 4.79 Å². The number of hydrogen-bond acceptors (Lipinski definition) is 4. The lowest BCUT2D eigenvalue weighted by Gasteiger charge is -2.21. The normalized spacial score (nSPS) is 11.8. The summed E-state index contributed by atoms with van der Waals surface area (Å²) in [7, 11) is 0. The lowest BCUT2D eigenvalue weighted by molar-refractivity contribution is 0.0916. The molecule has 20 heavy (non-hydrogen) atoms. The number of carbonyl (C=O) groups is 1. The highest BCUT2D eigenvalue weighted by Gasteiger charge is 2.21. The largest absolute Gasteiger partial charge is 0.397 e. The van der Waals surface area contributed by atoms with Gasteiger partial charge >= 0.3 is 0 Å². The molecule has 0 bridgehead atoms. The molecule has 1 aromatic carbocycles. The van der Waals surface area contributed by atoms with Crippen molar-refractivity contribution in [2.45, 2.75) is 13.8 Å². The first-order valence-corrected chi connectivity index (χ1v) is 7.82. The molecule has 0 aliphatic carbocycles. The monoisotopic (exact) mass is 356 g/mol. The summed E-state index contributed by atoms with van der Waals surface area (Å²) >= 11 is 4.83. The number of nitrogen functional groups attached to an aromatic ring is 1. The standard InChI is InChI=1S/C14H17BrN2O2S/c1-14(2,7-18)6-17-13(19)12-11(16)10-8(15)4-3-5-9(10)20-12/h3-5,18H,6-7,16H2,1-2H3,(H,17,19). The highest BCUT2D eigenvalue weighted by molar-refractivity contribution is 9.10. The van der Waals surface area contributed by atoms with Crippen LogP contribution in [0.15, 0.2) is 22.7 Å². The van der Waals surface area contributed by atoms with Crippen LogP contribution in [0, 0.1) is 5.41 Å². The summed E-state index contributed by atoms with van der Waals surface area (Å²) in [6.45, 7) is 4.19. The number of benzene rings is 1. The van der Waals surface area contributed by atoms with E-state index in [-0.39, 0.29) is 17.9 Å². The highest BCUT2D eigenvalue weighted by atomic mass is 79.9. The number of carbonyl (C=O) groups excluding carboxylic acids is 1. The quantitative estimate of drug-likeness (QED) is 0.788. The zero-order valence-electron chi connectivity index (χ0n) is 11.4. The minimum atomic E-state index is -0.346. The topological polar surface area (TPSA) is 75.3 Å². The summed E-state index contributed by atoms with van der Waals surface area (Å²) in [5, 5.41) is 12.9. The molecule has 1 aromatic heterocycles. The Bertz CT molecular complexity index is 652. The van der Waals surface area contributed by atoms with Crippen LogP contribution in [-0.4, -0.2) is 24.2 Å². The van der Waals surface area contributed by atoms with Crippen LogP contribution >= 0.6 is 27.3 Å². The summed E-state index contributed by atoms with van der Waals surface area (Å²) < 4.78 is 1.86. The van der Waals surface area contributed by atoms with Gasteiger partial charge in [0.05, 0.1) is 5.69 Å². The number of aliphatic hydroxyl groups excluding tert-OH is 1. The molecule has 1 heterocycles. The lowest BCUT2D eigenvalue weighted by Crippen LogP contribution is -2.35. The number of nitrogens with one attached hydrogen (secondary N) is 1. The van der Waals surface area contributed by atoms with Gasteiger partial charge in [0.25, 0.3) is 5.91 Å². The Morgan fingerprint density at radius 2 is 2.20 bits per heavy atom. The van der Waals surface area contributed by atoms with Gasteiger partial charge in [-0.1, -0.05) is 35.8 Å². The average molecular weight is 357 g/mol. The summed E-state index contributed by atoms with van der Waals surface area (Å²) in [5.41, 5.74) is 6.23. The van der Waals surface area contributed by atoms with Gasteiger partial charge in [0.1, 0.15) is 4.88 Å². The van der Waals surface area contributed by atoms with Gasteiger partial charge in [-0.05, 0) is 12.1 Å². The number of aliphatic hydroxyl groups is 1. The predicted molar refractivity (Wildman–Crippen MR) is 87.1 cm³/mol. The van der Waals surface area contributed by atoms with Crippen LogP contribution in [0.5, 0.6) is 0 Å². The van der Waals surface area contributed by atoms with E-state index in [2.05, 4.69) is 21.2 Å². The molecule has 2 aromatic rings. The number of thiophene rings is 1. The molecule has 4 nitrogen and oxygen atoms in total. The van der Waals surface area contributed by atoms with Crippen molar-refractivity contribution < 1.29 is 9.90 Å². The van der Waals surface area contributed by atoms with Crippen molar-refractivity contribution in [2.24, 2.45) is 5.41 Å². The van der Waals surface area contributed by atoms with Crippen molar-refractivity contribution in [1.29, 1.82) is 0 Å². The second-order valence-electron chi connectivity index (χ2n) is 5.46. The van der Waals surface area contributed by atoms with E-state index >= 15 is 0 Å². The molecule has 2 rings (SSSR count). The number of hydrogen-bond donors (Lipinski definition) is 3. The molecule has 0 aliphatic rings. The van der Waals surface area contributed by atoms with E-state index in [1.807, 2.05) is 32.0 Å². The van der Waals surface area contributed by atoms with Crippen molar-refractivity contribution in [3.63, 3.8) is 0 Å². The van der Waals surface area contributed by atoms with Crippen LogP contribution in [0.3, 0.4) is 0 Å². The van der Waals surface area contributed by atoms with Crippen LogP contribution in [0.4, 0.5) is 5.69 Å². The van der Waals surface area contributed by atoms with Crippen molar-refractivity contribution in [1.82, 2.24) is 5.32 Å². The zero-order chi connectivity index (χ0) is 14.9. The second-order valence-corrected chi connectivity index (χ2v) is 7.37. The van der Waals surface area contributed by atoms with Crippen molar-refractivity contribution in [3.05, 3.63) is 27.5 Å². The van der Waals surface area contributed by atoms with Crippen LogP contribution in [0.1, 0.15) is 23.5 Å². The fourth-order valence-corrected chi connectivity index (χ4v) is 3.53. The Labute approximate surface area is 130 Å². The molecule has 0 fully saturated rings. The first kappa shape index (κ1) is 15.3. The average Bonchev–Trinajstić information content (AvgIpc) is 2.75. The van der Waals surface area contributed by atoms with Crippen LogP contribution in [0.25, 0.3) is 10.1 Å². The van der Waals surface area contributed by atoms with Gasteiger partial charge in [-0.15, -0.1) is 11.3 Å². The van der Waals surface area contributed by atoms with E-state index in [0.29, 0.717) is 17.1 Å². The van der Waals surface area contributed by atoms with Crippen molar-refractivity contribution >= 4 is 48.9 Å². The van der Waals surface area contributed by atoms with Gasteiger partial charge in [-0.25, -0.2) is 0 Å². The minimum absolute atomic E-state index is 0.0146. The molecule has 0 radical (unpaired) electrons. The summed E-state index contributed by atoms with van der Waals surface area (Å²) in [6.07, 6.45) is 0. The van der Waals surface area contributed by atoms with Gasteiger partial charge in [0.2, 0.25) is 0 Å². The fraction of sp³-hybridized carbons (Fsp3) is 0.357. The summed E-state index contributed by atoms with van der Waals surface area (Å²) in [5.74, 6) is -0.197. The van der Waals surface area contributed by atoms with Gasteiger partial charge in [0, 0.05) is 33.1 Å². The van der Waals surface area contributed by atoms with Crippen molar-refractivity contribution in [3.8, 4) is 0 Å². The fourth-order valence-electron chi connectivity index (χ4n) is 1.75. The molecule has 0 unspecified atom stereocenters. The Hall–Kier alpha value is -1.11. The SMILES string of the molecule is CC(C)(CO)CNC(=O)c1sc2cccc(Br)c2c1N. The third kappa shape index (κ3) is 2.97. The molecule has 0 saturated carbocycles. The van der Waals surface area contributed by atoms with Crippen molar-refractivity contribution in [2.75, 3.05) is 18.9 Å². The number of rotatable bonds is 4. The van der Waals surface area contributed by atoms with E-state index in [0.717, 1.165) is 14.6 Å². The number of nitrogens with two attached hydrogens (primary N) is 1. The second kappa shape index (κ2) is 5.71. The van der Waals surface area contributed by atoms with E-state index in [1.165, 1.54) is 11.3 Å². The number of fused-ring (bicyclic) bond motifs is 1. The molecule has 0 saturated heterocycles. The maximum absolute atomic E-state index is 12.2. The molecule has 108 valence electrons. The lowest BCUT2D eigenvalue weighted by atomic mass is 9.95. The van der Waals surface area contributed by atoms with Crippen LogP contribution in [0.2, 0.25) is 0 Å². The molecule has 1 amide bonds. The Balaban J connectivity index is 2.27. The molecular formula is C14H17BrN2O2S. The predicted octanol–water partition coefficient (Wildman–Crippen LogP) is 2.99. The molecule has 0 spiro atoms.